The molecule has 0 amide bonds. The Kier molecular flexibility index (Phi) is 6.41. The minimum absolute atomic E-state index is 0.146. The van der Waals surface area contributed by atoms with E-state index in [-0.39, 0.29) is 22.2 Å². The molecular weight excluding hydrogens is 268 g/mol. The van der Waals surface area contributed by atoms with Crippen molar-refractivity contribution in [1.82, 2.24) is 9.80 Å². The SMILES string of the molecule is C[C@H]([C@@H](C)N(C(C)(C)C)C(C)(C)C)N(C(C)(C)C)C(C)(C)C. The van der Waals surface area contributed by atoms with Gasteiger partial charge in [-0.25, -0.2) is 0 Å². The maximum Gasteiger partial charge on any atom is 0.0231 e. The van der Waals surface area contributed by atoms with Crippen LogP contribution in [-0.4, -0.2) is 44.0 Å². The summed E-state index contributed by atoms with van der Waals surface area (Å²) in [7, 11) is 0. The van der Waals surface area contributed by atoms with Crippen LogP contribution >= 0.6 is 0 Å². The van der Waals surface area contributed by atoms with Crippen LogP contribution in [0.5, 0.6) is 0 Å². The third-order valence-electron chi connectivity index (χ3n) is 4.40. The van der Waals surface area contributed by atoms with Crippen LogP contribution in [-0.2, 0) is 0 Å². The minimum atomic E-state index is 0.146. The van der Waals surface area contributed by atoms with Crippen molar-refractivity contribution in [1.29, 1.82) is 0 Å². The number of rotatable bonds is 3. The van der Waals surface area contributed by atoms with E-state index in [0.29, 0.717) is 12.1 Å². The molecule has 0 aromatic heterocycles. The molecule has 134 valence electrons. The van der Waals surface area contributed by atoms with Gasteiger partial charge in [0, 0.05) is 34.2 Å². The van der Waals surface area contributed by atoms with Crippen molar-refractivity contribution < 1.29 is 0 Å². The van der Waals surface area contributed by atoms with Crippen LogP contribution in [0.4, 0.5) is 0 Å². The molecule has 0 radical (unpaired) electrons. The quantitative estimate of drug-likeness (QED) is 0.673. The van der Waals surface area contributed by atoms with E-state index in [9.17, 15) is 0 Å². The summed E-state index contributed by atoms with van der Waals surface area (Å²) in [5.41, 5.74) is 0.585. The molecule has 0 unspecified atom stereocenters. The van der Waals surface area contributed by atoms with Gasteiger partial charge in [-0.3, -0.25) is 9.80 Å². The Balaban J connectivity index is 5.78. The highest BCUT2D eigenvalue weighted by molar-refractivity contribution is 4.99. The minimum Gasteiger partial charge on any atom is -0.289 e. The van der Waals surface area contributed by atoms with E-state index < -0.39 is 0 Å². The van der Waals surface area contributed by atoms with Crippen LogP contribution in [0.1, 0.15) is 96.9 Å². The van der Waals surface area contributed by atoms with Gasteiger partial charge < -0.3 is 0 Å². The zero-order chi connectivity index (χ0) is 18.3. The van der Waals surface area contributed by atoms with Crippen molar-refractivity contribution in [3.8, 4) is 0 Å². The lowest BCUT2D eigenvalue weighted by Gasteiger charge is -2.57. The molecule has 2 atom stereocenters. The molecule has 22 heavy (non-hydrogen) atoms. The largest absolute Gasteiger partial charge is 0.289 e. The summed E-state index contributed by atoms with van der Waals surface area (Å²) in [6, 6.07) is 0.942. The molecule has 0 saturated carbocycles. The fourth-order valence-corrected chi connectivity index (χ4v) is 4.89. The molecule has 0 aliphatic carbocycles. The summed E-state index contributed by atoms with van der Waals surface area (Å²) in [5.74, 6) is 0. The summed E-state index contributed by atoms with van der Waals surface area (Å²) < 4.78 is 0. The topological polar surface area (TPSA) is 6.48 Å². The van der Waals surface area contributed by atoms with Gasteiger partial charge >= 0.3 is 0 Å². The molecule has 0 saturated heterocycles. The fraction of sp³-hybridized carbons (Fsp3) is 1.00. The van der Waals surface area contributed by atoms with E-state index in [1.165, 1.54) is 0 Å². The van der Waals surface area contributed by atoms with Crippen LogP contribution < -0.4 is 0 Å². The number of hydrogen-bond donors (Lipinski definition) is 0. The molecule has 0 N–H and O–H groups in total. The molecule has 0 rings (SSSR count). The lowest BCUT2D eigenvalue weighted by molar-refractivity contribution is -0.0770. The molecule has 0 aliphatic rings. The van der Waals surface area contributed by atoms with Gasteiger partial charge in [-0.1, -0.05) is 0 Å². The zero-order valence-electron chi connectivity index (χ0n) is 18.0. The average Bonchev–Trinajstić information content (AvgIpc) is 2.06. The van der Waals surface area contributed by atoms with Gasteiger partial charge in [0.05, 0.1) is 0 Å². The van der Waals surface area contributed by atoms with Crippen LogP contribution in [0.2, 0.25) is 0 Å². The second kappa shape index (κ2) is 6.43. The van der Waals surface area contributed by atoms with Gasteiger partial charge in [0.1, 0.15) is 0 Å². The van der Waals surface area contributed by atoms with Crippen molar-refractivity contribution in [2.45, 2.75) is 131 Å². The Bertz CT molecular complexity index is 280. The van der Waals surface area contributed by atoms with Crippen molar-refractivity contribution in [2.75, 3.05) is 0 Å². The second-order valence-corrected chi connectivity index (χ2v) is 10.9. The molecule has 0 spiro atoms. The van der Waals surface area contributed by atoms with Gasteiger partial charge in [0.15, 0.2) is 0 Å². The van der Waals surface area contributed by atoms with E-state index in [1.807, 2.05) is 0 Å². The van der Waals surface area contributed by atoms with Crippen LogP contribution in [0.3, 0.4) is 0 Å². The standard InChI is InChI=1S/C20H44N2/c1-15(21(17(3,4)5)18(6,7)8)16(2)22(19(9,10)11)20(12,13)14/h15-16H,1-14H3/t15-,16-/m1/s1. The summed E-state index contributed by atoms with van der Waals surface area (Å²) in [5, 5.41) is 0. The van der Waals surface area contributed by atoms with E-state index in [2.05, 4.69) is 107 Å². The second-order valence-electron chi connectivity index (χ2n) is 10.9. The van der Waals surface area contributed by atoms with Gasteiger partial charge in [0.2, 0.25) is 0 Å². The lowest BCUT2D eigenvalue weighted by Crippen LogP contribution is -2.66. The average molecular weight is 313 g/mol. The Morgan fingerprint density at radius 2 is 0.545 bits per heavy atom. The van der Waals surface area contributed by atoms with E-state index in [1.54, 1.807) is 0 Å². The summed E-state index contributed by atoms with van der Waals surface area (Å²) >= 11 is 0. The highest BCUT2D eigenvalue weighted by Crippen LogP contribution is 2.35. The predicted molar refractivity (Wildman–Crippen MR) is 102 cm³/mol. The molecule has 2 nitrogen and oxygen atoms in total. The molecule has 0 heterocycles. The monoisotopic (exact) mass is 312 g/mol. The van der Waals surface area contributed by atoms with Gasteiger partial charge in [-0.15, -0.1) is 0 Å². The van der Waals surface area contributed by atoms with Gasteiger partial charge in [0.25, 0.3) is 0 Å². The van der Waals surface area contributed by atoms with Crippen LogP contribution in [0, 0.1) is 0 Å². The third-order valence-corrected chi connectivity index (χ3v) is 4.40. The Morgan fingerprint density at radius 1 is 0.409 bits per heavy atom. The number of hydrogen-bond acceptors (Lipinski definition) is 2. The van der Waals surface area contributed by atoms with E-state index in [4.69, 9.17) is 0 Å². The summed E-state index contributed by atoms with van der Waals surface area (Å²) in [4.78, 5) is 5.35. The molecular formula is C20H44N2. The maximum atomic E-state index is 2.68. The Labute approximate surface area is 141 Å². The van der Waals surface area contributed by atoms with E-state index in [0.717, 1.165) is 0 Å². The molecule has 0 aliphatic heterocycles. The first-order chi connectivity index (χ1) is 9.31. The van der Waals surface area contributed by atoms with Crippen molar-refractivity contribution in [3.63, 3.8) is 0 Å². The number of nitrogens with zero attached hydrogens (tertiary/aromatic N) is 2. The summed E-state index contributed by atoms with van der Waals surface area (Å²) in [6.45, 7) is 32.8. The zero-order valence-corrected chi connectivity index (χ0v) is 18.0. The first-order valence-corrected chi connectivity index (χ1v) is 8.90. The normalized spacial score (nSPS) is 18.0. The first kappa shape index (κ1) is 21.9. The van der Waals surface area contributed by atoms with Crippen LogP contribution in [0.15, 0.2) is 0 Å². The van der Waals surface area contributed by atoms with Crippen molar-refractivity contribution in [3.05, 3.63) is 0 Å². The third kappa shape index (κ3) is 5.53. The highest BCUT2D eigenvalue weighted by Gasteiger charge is 2.43. The molecule has 0 bridgehead atoms. The lowest BCUT2D eigenvalue weighted by atomic mass is 9.87. The molecule has 0 aromatic rings. The summed E-state index contributed by atoms with van der Waals surface area (Å²) in [6.07, 6.45) is 0. The van der Waals surface area contributed by atoms with E-state index >= 15 is 0 Å². The van der Waals surface area contributed by atoms with Crippen molar-refractivity contribution in [2.24, 2.45) is 0 Å². The van der Waals surface area contributed by atoms with Gasteiger partial charge in [-0.05, 0) is 96.9 Å². The van der Waals surface area contributed by atoms with Crippen LogP contribution in [0.25, 0.3) is 0 Å². The highest BCUT2D eigenvalue weighted by atomic mass is 15.3. The maximum absolute atomic E-state index is 2.68. The fourth-order valence-electron chi connectivity index (χ4n) is 4.89. The Hall–Kier alpha value is -0.0800. The molecule has 2 heteroatoms. The smallest absolute Gasteiger partial charge is 0.0231 e. The predicted octanol–water partition coefficient (Wildman–Crippen LogP) is 5.56. The first-order valence-electron chi connectivity index (χ1n) is 8.90. The molecule has 0 fully saturated rings. The Morgan fingerprint density at radius 3 is 0.636 bits per heavy atom. The van der Waals surface area contributed by atoms with Crippen molar-refractivity contribution >= 4 is 0 Å². The molecule has 0 aromatic carbocycles. The van der Waals surface area contributed by atoms with Gasteiger partial charge in [-0.2, -0.15) is 0 Å².